The summed E-state index contributed by atoms with van der Waals surface area (Å²) in [7, 11) is -9.93. The van der Waals surface area contributed by atoms with Crippen molar-refractivity contribution in [1.82, 2.24) is 0 Å². The van der Waals surface area contributed by atoms with Gasteiger partial charge in [-0.2, -0.15) is 0 Å². The first kappa shape index (κ1) is 105. The highest BCUT2D eigenvalue weighted by atomic mass is 31.2. The Morgan fingerprint density at radius 3 is 0.710 bits per heavy atom. The van der Waals surface area contributed by atoms with Crippen molar-refractivity contribution in [3.63, 3.8) is 0 Å². The van der Waals surface area contributed by atoms with Crippen LogP contribution in [-0.2, 0) is 65.4 Å². The van der Waals surface area contributed by atoms with Crippen LogP contribution in [0.2, 0.25) is 0 Å². The lowest BCUT2D eigenvalue weighted by Gasteiger charge is -2.21. The Morgan fingerprint density at radius 2 is 0.477 bits per heavy atom. The van der Waals surface area contributed by atoms with E-state index in [4.69, 9.17) is 37.0 Å². The molecule has 0 aromatic carbocycles. The molecule has 0 spiro atoms. The van der Waals surface area contributed by atoms with Gasteiger partial charge in [0.15, 0.2) is 12.2 Å². The Balaban J connectivity index is 5.24. The largest absolute Gasteiger partial charge is 0.472 e. The van der Waals surface area contributed by atoms with Crippen LogP contribution < -0.4 is 0 Å². The Bertz CT molecular complexity index is 2050. The zero-order chi connectivity index (χ0) is 78.5. The second-order valence-electron chi connectivity index (χ2n) is 32.4. The molecule has 0 aromatic rings. The molecule has 3 N–H and O–H groups in total. The Hall–Kier alpha value is -1.94. The SMILES string of the molecule is CCCCCCCCCCCCCCCCCCCCC(=O)OC[C@H](COP(=O)(O)OC[C@@H](O)COP(=O)(O)OC[C@@H](COC(=O)CCCCCCCCCCCCCC)OC(=O)CCCCCCCCCCCCCCC(C)C)OC(=O)CCCCCCCCCCCCCCCCCCCCC(C)CC. The lowest BCUT2D eigenvalue weighted by molar-refractivity contribution is -0.161. The monoisotopic (exact) mass is 1560 g/mol. The van der Waals surface area contributed by atoms with Gasteiger partial charge in [-0.25, -0.2) is 9.13 Å². The highest BCUT2D eigenvalue weighted by molar-refractivity contribution is 7.47. The summed E-state index contributed by atoms with van der Waals surface area (Å²) in [5.41, 5.74) is 0. The fourth-order valence-electron chi connectivity index (χ4n) is 13.7. The average molecular weight is 1560 g/mol. The van der Waals surface area contributed by atoms with Crippen LogP contribution in [0.3, 0.4) is 0 Å². The molecule has 107 heavy (non-hydrogen) atoms. The van der Waals surface area contributed by atoms with Crippen molar-refractivity contribution < 1.29 is 80.2 Å². The number of carbonyl (C=O) groups is 4. The molecule has 0 bridgehead atoms. The zero-order valence-corrected chi connectivity index (χ0v) is 72.2. The van der Waals surface area contributed by atoms with Crippen LogP contribution in [0.1, 0.15) is 472 Å². The Morgan fingerprint density at radius 1 is 0.271 bits per heavy atom. The highest BCUT2D eigenvalue weighted by Crippen LogP contribution is 2.45. The van der Waals surface area contributed by atoms with Crippen molar-refractivity contribution in [2.45, 2.75) is 490 Å². The Labute approximate surface area is 658 Å². The molecule has 0 radical (unpaired) electrons. The maximum Gasteiger partial charge on any atom is 0.472 e. The minimum Gasteiger partial charge on any atom is -0.462 e. The van der Waals surface area contributed by atoms with Crippen molar-refractivity contribution in [1.29, 1.82) is 0 Å². The summed E-state index contributed by atoms with van der Waals surface area (Å²) >= 11 is 0. The number of unbranched alkanes of at least 4 members (excludes halogenated alkanes) is 56. The average Bonchev–Trinajstić information content (AvgIpc) is 0.902. The number of ether oxygens (including phenoxy) is 4. The van der Waals surface area contributed by atoms with E-state index < -0.39 is 97.5 Å². The third kappa shape index (κ3) is 80.5. The molecule has 0 rings (SSSR count). The van der Waals surface area contributed by atoms with Crippen LogP contribution in [0.15, 0.2) is 0 Å². The molecule has 0 amide bonds. The second-order valence-corrected chi connectivity index (χ2v) is 35.3. The van der Waals surface area contributed by atoms with Crippen molar-refractivity contribution in [2.75, 3.05) is 39.6 Å². The van der Waals surface area contributed by atoms with E-state index in [1.54, 1.807) is 0 Å². The minimum absolute atomic E-state index is 0.108. The van der Waals surface area contributed by atoms with Crippen LogP contribution >= 0.6 is 15.6 Å². The van der Waals surface area contributed by atoms with E-state index >= 15 is 0 Å². The van der Waals surface area contributed by atoms with Crippen LogP contribution in [0.4, 0.5) is 0 Å². The number of aliphatic hydroxyl groups is 1. The van der Waals surface area contributed by atoms with Gasteiger partial charge in [0.25, 0.3) is 0 Å². The van der Waals surface area contributed by atoms with Crippen molar-refractivity contribution in [2.24, 2.45) is 11.8 Å². The van der Waals surface area contributed by atoms with Gasteiger partial charge in [-0.05, 0) is 37.5 Å². The molecule has 17 nitrogen and oxygen atoms in total. The highest BCUT2D eigenvalue weighted by Gasteiger charge is 2.31. The molecule has 0 saturated heterocycles. The summed E-state index contributed by atoms with van der Waals surface area (Å²) in [5, 5.41) is 10.7. The maximum atomic E-state index is 13.2. The van der Waals surface area contributed by atoms with Crippen LogP contribution in [0, 0.1) is 11.8 Å². The lowest BCUT2D eigenvalue weighted by Crippen LogP contribution is -2.30. The van der Waals surface area contributed by atoms with Gasteiger partial charge < -0.3 is 33.8 Å². The molecule has 0 fully saturated rings. The van der Waals surface area contributed by atoms with Crippen molar-refractivity contribution >= 4 is 39.5 Å². The van der Waals surface area contributed by atoms with Crippen LogP contribution in [0.25, 0.3) is 0 Å². The quantitative estimate of drug-likeness (QED) is 0.0222. The van der Waals surface area contributed by atoms with Gasteiger partial charge in [0, 0.05) is 25.7 Å². The van der Waals surface area contributed by atoms with E-state index in [0.717, 1.165) is 102 Å². The van der Waals surface area contributed by atoms with Crippen molar-refractivity contribution in [3.05, 3.63) is 0 Å². The molecule has 0 aliphatic heterocycles. The number of carbonyl (C=O) groups excluding carboxylic acids is 4. The molecule has 3 unspecified atom stereocenters. The minimum atomic E-state index is -4.97. The normalized spacial score (nSPS) is 14.0. The first-order valence-corrected chi connectivity index (χ1v) is 48.5. The van der Waals surface area contributed by atoms with Crippen LogP contribution in [0.5, 0.6) is 0 Å². The molecular weight excluding hydrogens is 1390 g/mol. The zero-order valence-electron chi connectivity index (χ0n) is 70.5. The van der Waals surface area contributed by atoms with Gasteiger partial charge in [-0.1, -0.05) is 420 Å². The summed E-state index contributed by atoms with van der Waals surface area (Å²) in [6.07, 6.45) is 72.1. The molecule has 0 saturated carbocycles. The van der Waals surface area contributed by atoms with E-state index in [2.05, 4.69) is 41.5 Å². The molecule has 0 aromatic heterocycles. The fraction of sp³-hybridized carbons (Fsp3) is 0.955. The number of hydrogen-bond donors (Lipinski definition) is 3. The molecule has 0 aliphatic carbocycles. The fourth-order valence-corrected chi connectivity index (χ4v) is 15.3. The molecular formula is C88H172O17P2. The van der Waals surface area contributed by atoms with E-state index in [-0.39, 0.29) is 25.7 Å². The number of esters is 4. The lowest BCUT2D eigenvalue weighted by atomic mass is 9.99. The molecule has 0 aliphatic rings. The number of hydrogen-bond acceptors (Lipinski definition) is 15. The van der Waals surface area contributed by atoms with Gasteiger partial charge in [-0.3, -0.25) is 37.3 Å². The third-order valence-corrected chi connectivity index (χ3v) is 23.0. The summed E-state index contributed by atoms with van der Waals surface area (Å²) in [6.45, 7) is 9.76. The topological polar surface area (TPSA) is 237 Å². The van der Waals surface area contributed by atoms with Gasteiger partial charge in [0.2, 0.25) is 0 Å². The van der Waals surface area contributed by atoms with Gasteiger partial charge in [0.1, 0.15) is 19.3 Å². The summed E-state index contributed by atoms with van der Waals surface area (Å²) in [5.74, 6) is -0.450. The van der Waals surface area contributed by atoms with E-state index in [0.29, 0.717) is 25.7 Å². The summed E-state index contributed by atoms with van der Waals surface area (Å²) in [4.78, 5) is 73.3. The molecule has 0 heterocycles. The second kappa shape index (κ2) is 79.3. The first-order chi connectivity index (χ1) is 51.9. The van der Waals surface area contributed by atoms with Gasteiger partial charge >= 0.3 is 39.5 Å². The predicted molar refractivity (Wildman–Crippen MR) is 442 cm³/mol. The third-order valence-electron chi connectivity index (χ3n) is 21.1. The summed E-state index contributed by atoms with van der Waals surface area (Å²) in [6, 6.07) is 0. The number of phosphoric acid groups is 2. The molecule has 6 atom stereocenters. The van der Waals surface area contributed by atoms with Crippen LogP contribution in [-0.4, -0.2) is 96.7 Å². The van der Waals surface area contributed by atoms with E-state index in [1.165, 1.54) is 289 Å². The van der Waals surface area contributed by atoms with Gasteiger partial charge in [-0.15, -0.1) is 0 Å². The Kier molecular flexibility index (Phi) is 77.9. The first-order valence-electron chi connectivity index (χ1n) is 45.5. The number of phosphoric ester groups is 2. The van der Waals surface area contributed by atoms with Crippen molar-refractivity contribution in [3.8, 4) is 0 Å². The number of aliphatic hydroxyl groups excluding tert-OH is 1. The predicted octanol–water partition coefficient (Wildman–Crippen LogP) is 27.0. The standard InChI is InChI=1S/C88H172O17P2/c1-7-10-12-14-16-18-20-22-23-24-28-31-34-41-47-53-59-65-71-86(91)99-77-84(104-87(92)72-66-60-54-48-42-35-32-29-26-25-27-30-33-39-45-51-57-63-69-81(6)9-3)79-103-107(96,97)101-75-82(89)74-100-106(94,95)102-78-83(76-98-85(90)70-64-58-52-46-40-21-19-17-15-13-11-8-2)105-88(93)73-67-61-55-49-43-37-36-38-44-50-56-62-68-80(4)5/h80-84,89H,7-79H2,1-6H3,(H,94,95)(H,96,97)/t81?,82-,83+,84+/m0/s1. The molecule has 19 heteroatoms. The van der Waals surface area contributed by atoms with E-state index in [1.807, 2.05) is 0 Å². The smallest absolute Gasteiger partial charge is 0.462 e. The molecule has 636 valence electrons. The summed E-state index contributed by atoms with van der Waals surface area (Å²) < 4.78 is 69.0. The van der Waals surface area contributed by atoms with Gasteiger partial charge in [0.05, 0.1) is 26.4 Å². The van der Waals surface area contributed by atoms with E-state index in [9.17, 15) is 43.2 Å². The number of rotatable bonds is 87. The maximum absolute atomic E-state index is 13.2.